The number of hydrogen-bond donors (Lipinski definition) is 2. The summed E-state index contributed by atoms with van der Waals surface area (Å²) in [6.45, 7) is 10.7. The van der Waals surface area contributed by atoms with Crippen LogP contribution >= 0.6 is 0 Å². The van der Waals surface area contributed by atoms with Gasteiger partial charge < -0.3 is 29.4 Å². The third-order valence-electron chi connectivity index (χ3n) is 8.10. The normalized spacial score (nSPS) is 15.4. The van der Waals surface area contributed by atoms with Crippen LogP contribution in [0, 0.1) is 6.92 Å². The molecule has 0 spiro atoms. The number of fused-ring (bicyclic) bond motifs is 2. The number of H-pyrrole nitrogens is 2. The molecule has 0 atom stereocenters. The Bertz CT molecular complexity index is 1630. The third-order valence-corrected chi connectivity index (χ3v) is 8.10. The molecule has 0 unspecified atom stereocenters. The van der Waals surface area contributed by atoms with Crippen LogP contribution < -0.4 is 15.2 Å². The summed E-state index contributed by atoms with van der Waals surface area (Å²) in [6, 6.07) is 11.8. The van der Waals surface area contributed by atoms with Gasteiger partial charge in [-0.2, -0.15) is 0 Å². The van der Waals surface area contributed by atoms with E-state index in [1.165, 1.54) is 12.8 Å². The van der Waals surface area contributed by atoms with Gasteiger partial charge in [0.1, 0.15) is 17.1 Å². The first-order valence-corrected chi connectivity index (χ1v) is 14.0. The van der Waals surface area contributed by atoms with Crippen molar-refractivity contribution >= 4 is 28.3 Å². The minimum absolute atomic E-state index is 0.0451. The number of nitrogens with one attached hydrogen (secondary N) is 2. The molecule has 0 radical (unpaired) electrons. The zero-order valence-corrected chi connectivity index (χ0v) is 23.6. The van der Waals surface area contributed by atoms with Crippen LogP contribution in [0.25, 0.3) is 22.4 Å². The van der Waals surface area contributed by atoms with Gasteiger partial charge in [0.25, 0.3) is 11.5 Å². The van der Waals surface area contributed by atoms with E-state index >= 15 is 0 Å². The average molecular weight is 541 g/mol. The highest BCUT2D eigenvalue weighted by Crippen LogP contribution is 2.38. The van der Waals surface area contributed by atoms with E-state index in [0.717, 1.165) is 59.9 Å². The molecular weight excluding hydrogens is 504 g/mol. The fourth-order valence-corrected chi connectivity index (χ4v) is 6.01. The molecule has 208 valence electrons. The number of aromatic amines is 2. The molecule has 0 bridgehead atoms. The lowest BCUT2D eigenvalue weighted by Crippen LogP contribution is -2.33. The van der Waals surface area contributed by atoms with Crippen LogP contribution in [0.3, 0.4) is 0 Å². The quantitative estimate of drug-likeness (QED) is 0.332. The number of pyridine rings is 1. The van der Waals surface area contributed by atoms with Crippen LogP contribution in [0.15, 0.2) is 47.4 Å². The minimum Gasteiger partial charge on any atom is -0.497 e. The molecule has 2 aliphatic heterocycles. The van der Waals surface area contributed by atoms with Crippen LogP contribution in [0.1, 0.15) is 48.2 Å². The minimum atomic E-state index is -0.237. The van der Waals surface area contributed by atoms with Gasteiger partial charge in [0.15, 0.2) is 0 Å². The third kappa shape index (κ3) is 4.64. The summed E-state index contributed by atoms with van der Waals surface area (Å²) < 4.78 is 5.50. The maximum atomic E-state index is 13.3. The molecule has 1 saturated heterocycles. The first kappa shape index (κ1) is 26.1. The van der Waals surface area contributed by atoms with Crippen molar-refractivity contribution in [3.05, 3.63) is 69.6 Å². The highest BCUT2D eigenvalue weighted by molar-refractivity contribution is 6.02. The lowest BCUT2D eigenvalue weighted by Gasteiger charge is -2.32. The van der Waals surface area contributed by atoms with Crippen molar-refractivity contribution in [1.82, 2.24) is 24.8 Å². The van der Waals surface area contributed by atoms with Crippen molar-refractivity contribution in [2.45, 2.75) is 46.2 Å². The number of likely N-dealkylation sites (tertiary alicyclic amines) is 1. The second kappa shape index (κ2) is 10.5. The smallest absolute Gasteiger partial charge is 0.261 e. The monoisotopic (exact) mass is 540 g/mol. The summed E-state index contributed by atoms with van der Waals surface area (Å²) in [5.41, 5.74) is 6.15. The number of hydrogen-bond acceptors (Lipinski definition) is 6. The van der Waals surface area contributed by atoms with Gasteiger partial charge in [-0.1, -0.05) is 6.07 Å². The number of rotatable bonds is 8. The summed E-state index contributed by atoms with van der Waals surface area (Å²) in [4.78, 5) is 44.1. The largest absolute Gasteiger partial charge is 0.497 e. The van der Waals surface area contributed by atoms with Crippen LogP contribution in [0.4, 0.5) is 11.4 Å². The van der Waals surface area contributed by atoms with Gasteiger partial charge in [0, 0.05) is 49.2 Å². The number of benzene rings is 2. The second-order valence-electron chi connectivity index (χ2n) is 11.1. The molecular formula is C31H36N6O3. The van der Waals surface area contributed by atoms with E-state index in [4.69, 9.17) is 9.72 Å². The van der Waals surface area contributed by atoms with Gasteiger partial charge in [-0.15, -0.1) is 0 Å². The molecule has 4 aromatic rings. The topological polar surface area (TPSA) is 97.6 Å². The number of anilines is 2. The lowest BCUT2D eigenvalue weighted by molar-refractivity contribution is 0.0763. The number of aromatic nitrogens is 3. The molecule has 40 heavy (non-hydrogen) atoms. The average Bonchev–Trinajstić information content (AvgIpc) is 3.67. The fourth-order valence-electron chi connectivity index (χ4n) is 6.01. The summed E-state index contributed by atoms with van der Waals surface area (Å²) >= 11 is 0. The molecule has 9 heteroatoms. The van der Waals surface area contributed by atoms with E-state index in [2.05, 4.69) is 33.6 Å². The van der Waals surface area contributed by atoms with Crippen molar-refractivity contribution < 1.29 is 9.53 Å². The molecule has 1 fully saturated rings. The number of aryl methyl sites for hydroxylation is 1. The maximum Gasteiger partial charge on any atom is 0.261 e. The zero-order chi connectivity index (χ0) is 28.0. The molecule has 6 rings (SSSR count). The van der Waals surface area contributed by atoms with Gasteiger partial charge in [0.05, 0.1) is 23.8 Å². The Labute approximate surface area is 233 Å². The summed E-state index contributed by atoms with van der Waals surface area (Å²) in [5.74, 6) is 1.27. The predicted molar refractivity (Wildman–Crippen MR) is 158 cm³/mol. The SMILES string of the molecule is COc1ccc(C)c(N(c2cc[nH]c(=O)c2-c2nc3cc4c(cc3[nH]2)CN(CCN2CCCC2)C4=O)C(C)C)c1. The standard InChI is InChI=1S/C31H36N6O3/c1-19(2)37(27-16-22(40-4)8-7-20(27)3)26-9-10-32-30(38)28(26)29-33-24-15-21-18-36(14-13-35-11-5-6-12-35)31(39)23(21)17-25(24)34-29/h7-10,15-17,19H,5-6,11-14,18H2,1-4H3,(H,32,38)(H,33,34). The van der Waals surface area contributed by atoms with E-state index < -0.39 is 0 Å². The zero-order valence-electron chi connectivity index (χ0n) is 23.6. The molecule has 9 nitrogen and oxygen atoms in total. The number of methoxy groups -OCH3 is 1. The Balaban J connectivity index is 1.37. The number of amides is 1. The fraction of sp³-hybridized carbons (Fsp3) is 0.387. The molecule has 0 aliphatic carbocycles. The van der Waals surface area contributed by atoms with Crippen LogP contribution in [0.5, 0.6) is 5.75 Å². The van der Waals surface area contributed by atoms with E-state index in [-0.39, 0.29) is 17.5 Å². The van der Waals surface area contributed by atoms with E-state index in [0.29, 0.717) is 29.0 Å². The molecule has 2 aromatic heterocycles. The Hall–Kier alpha value is -4.11. The summed E-state index contributed by atoms with van der Waals surface area (Å²) in [5, 5.41) is 0. The van der Waals surface area contributed by atoms with Gasteiger partial charge >= 0.3 is 0 Å². The van der Waals surface area contributed by atoms with Crippen LogP contribution in [-0.2, 0) is 6.54 Å². The van der Waals surface area contributed by atoms with Crippen molar-refractivity contribution in [1.29, 1.82) is 0 Å². The van der Waals surface area contributed by atoms with E-state index in [9.17, 15) is 9.59 Å². The predicted octanol–water partition coefficient (Wildman–Crippen LogP) is 4.83. The van der Waals surface area contributed by atoms with Gasteiger partial charge in [-0.3, -0.25) is 9.59 Å². The van der Waals surface area contributed by atoms with E-state index in [1.54, 1.807) is 13.3 Å². The number of ether oxygens (including phenoxy) is 1. The molecule has 2 aliphatic rings. The number of imidazole rings is 1. The number of nitrogens with zero attached hydrogens (tertiary/aromatic N) is 4. The number of carbonyl (C=O) groups excluding carboxylic acids is 1. The van der Waals surface area contributed by atoms with E-state index in [1.807, 2.05) is 48.2 Å². The summed E-state index contributed by atoms with van der Waals surface area (Å²) in [6.07, 6.45) is 4.15. The molecule has 2 aromatic carbocycles. The lowest BCUT2D eigenvalue weighted by atomic mass is 10.1. The maximum absolute atomic E-state index is 13.3. The number of carbonyl (C=O) groups is 1. The highest BCUT2D eigenvalue weighted by atomic mass is 16.5. The van der Waals surface area contributed by atoms with Crippen LogP contribution in [0.2, 0.25) is 0 Å². The molecule has 4 heterocycles. The van der Waals surface area contributed by atoms with Crippen molar-refractivity contribution in [3.8, 4) is 17.1 Å². The summed E-state index contributed by atoms with van der Waals surface area (Å²) in [7, 11) is 1.65. The van der Waals surface area contributed by atoms with Gasteiger partial charge in [-0.25, -0.2) is 4.98 Å². The Kier molecular flexibility index (Phi) is 6.83. The molecule has 0 saturated carbocycles. The Morgan fingerprint density at radius 3 is 2.60 bits per heavy atom. The first-order chi connectivity index (χ1) is 19.3. The Morgan fingerprint density at radius 1 is 1.05 bits per heavy atom. The van der Waals surface area contributed by atoms with Gasteiger partial charge in [-0.05, 0) is 82.1 Å². The van der Waals surface area contributed by atoms with Crippen LogP contribution in [-0.4, -0.2) is 70.0 Å². The van der Waals surface area contributed by atoms with Crippen molar-refractivity contribution in [2.24, 2.45) is 0 Å². The molecule has 1 amide bonds. The van der Waals surface area contributed by atoms with Crippen molar-refractivity contribution in [3.63, 3.8) is 0 Å². The highest BCUT2D eigenvalue weighted by Gasteiger charge is 2.30. The first-order valence-electron chi connectivity index (χ1n) is 14.0. The molecule has 2 N–H and O–H groups in total. The van der Waals surface area contributed by atoms with Gasteiger partial charge in [0.2, 0.25) is 0 Å². The Morgan fingerprint density at radius 2 is 1.85 bits per heavy atom. The second-order valence-corrected chi connectivity index (χ2v) is 11.1. The van der Waals surface area contributed by atoms with Crippen molar-refractivity contribution in [2.75, 3.05) is 38.2 Å².